The van der Waals surface area contributed by atoms with Crippen molar-refractivity contribution in [2.24, 2.45) is 0 Å². The summed E-state index contributed by atoms with van der Waals surface area (Å²) in [6.07, 6.45) is 0.436. The first-order valence-corrected chi connectivity index (χ1v) is 12.1. The number of nitrogens with one attached hydrogen (secondary N) is 3. The van der Waals surface area contributed by atoms with E-state index in [9.17, 15) is 4.79 Å². The van der Waals surface area contributed by atoms with Gasteiger partial charge in [-0.15, -0.1) is 11.3 Å². The average molecular weight is 439 g/mol. The van der Waals surface area contributed by atoms with Crippen molar-refractivity contribution < 1.29 is 4.79 Å². The van der Waals surface area contributed by atoms with Gasteiger partial charge in [0.2, 0.25) is 5.91 Å². The number of hydrogen-bond donors (Lipinski definition) is 3. The molecular formula is C25H34N4OS. The van der Waals surface area contributed by atoms with Crippen molar-refractivity contribution in [3.05, 3.63) is 46.3 Å². The Bertz CT molecular complexity index is 1060. The predicted molar refractivity (Wildman–Crippen MR) is 131 cm³/mol. The Labute approximate surface area is 189 Å². The number of rotatable bonds is 6. The fraction of sp³-hybridized carbons (Fsp3) is 0.480. The first-order chi connectivity index (χ1) is 14.8. The summed E-state index contributed by atoms with van der Waals surface area (Å²) in [5.41, 5.74) is 5.68. The molecule has 1 atom stereocenters. The van der Waals surface area contributed by atoms with Gasteiger partial charge in [-0.25, -0.2) is 0 Å². The Morgan fingerprint density at radius 2 is 1.87 bits per heavy atom. The molecule has 1 unspecified atom stereocenters. The van der Waals surface area contributed by atoms with E-state index >= 15 is 0 Å². The fourth-order valence-corrected chi connectivity index (χ4v) is 5.81. The highest BCUT2D eigenvalue weighted by Gasteiger charge is 2.41. The Kier molecular flexibility index (Phi) is 6.24. The van der Waals surface area contributed by atoms with Crippen LogP contribution in [0.15, 0.2) is 29.6 Å². The standard InChI is InChI=1S/C25H34N4OS/c1-16(2)27-21(30)15-25(5,29-9-7-26-8-10-29)22-20-6-11-31-24(20)28-23(22)19-13-17(3)12-18(4)14-19/h6,11-14,16,26,28H,7-10,15H2,1-5H3,(H,27,30). The van der Waals surface area contributed by atoms with Gasteiger partial charge >= 0.3 is 0 Å². The van der Waals surface area contributed by atoms with Crippen LogP contribution in [0.2, 0.25) is 0 Å². The van der Waals surface area contributed by atoms with Crippen LogP contribution < -0.4 is 10.6 Å². The number of aromatic nitrogens is 1. The molecule has 1 aliphatic rings. The molecule has 1 amide bonds. The number of carbonyl (C=O) groups excluding carboxylic acids is 1. The highest BCUT2D eigenvalue weighted by atomic mass is 32.1. The zero-order chi connectivity index (χ0) is 22.2. The molecule has 1 aliphatic heterocycles. The maximum Gasteiger partial charge on any atom is 0.222 e. The Hall–Kier alpha value is -2.15. The van der Waals surface area contributed by atoms with Gasteiger partial charge in [-0.3, -0.25) is 9.69 Å². The van der Waals surface area contributed by atoms with E-state index in [-0.39, 0.29) is 11.9 Å². The van der Waals surface area contributed by atoms with Gasteiger partial charge in [0.1, 0.15) is 4.83 Å². The lowest BCUT2D eigenvalue weighted by atomic mass is 9.82. The summed E-state index contributed by atoms with van der Waals surface area (Å²) in [5, 5.41) is 9.97. The molecule has 3 heterocycles. The first-order valence-electron chi connectivity index (χ1n) is 11.2. The van der Waals surface area contributed by atoms with Crippen LogP contribution in [0.4, 0.5) is 0 Å². The van der Waals surface area contributed by atoms with E-state index in [1.54, 1.807) is 11.3 Å². The number of benzene rings is 1. The number of thiophene rings is 1. The zero-order valence-electron chi connectivity index (χ0n) is 19.3. The maximum absolute atomic E-state index is 13.1. The minimum atomic E-state index is -0.409. The third-order valence-electron chi connectivity index (χ3n) is 6.24. The lowest BCUT2D eigenvalue weighted by Gasteiger charge is -2.44. The molecule has 0 aliphatic carbocycles. The highest BCUT2D eigenvalue weighted by molar-refractivity contribution is 7.16. The van der Waals surface area contributed by atoms with Gasteiger partial charge in [0.05, 0.1) is 11.2 Å². The molecule has 4 rings (SSSR count). The number of aryl methyl sites for hydroxylation is 2. The van der Waals surface area contributed by atoms with Crippen LogP contribution >= 0.6 is 11.3 Å². The van der Waals surface area contributed by atoms with E-state index in [0.717, 1.165) is 31.9 Å². The number of aromatic amines is 1. The summed E-state index contributed by atoms with van der Waals surface area (Å²) >= 11 is 1.73. The monoisotopic (exact) mass is 438 g/mol. The molecule has 3 N–H and O–H groups in total. The molecule has 1 aromatic carbocycles. The van der Waals surface area contributed by atoms with E-state index in [1.807, 2.05) is 13.8 Å². The fourth-order valence-electron chi connectivity index (χ4n) is 5.01. The molecule has 2 aromatic heterocycles. The number of piperazine rings is 1. The lowest BCUT2D eigenvalue weighted by Crippen LogP contribution is -2.55. The first kappa shape index (κ1) is 22.1. The Morgan fingerprint density at radius 3 is 2.52 bits per heavy atom. The van der Waals surface area contributed by atoms with Crippen LogP contribution in [0.3, 0.4) is 0 Å². The molecule has 31 heavy (non-hydrogen) atoms. The van der Waals surface area contributed by atoms with E-state index < -0.39 is 5.54 Å². The van der Waals surface area contributed by atoms with Crippen LogP contribution in [-0.2, 0) is 10.3 Å². The largest absolute Gasteiger partial charge is 0.354 e. The van der Waals surface area contributed by atoms with Crippen molar-refractivity contribution in [3.8, 4) is 11.3 Å². The SMILES string of the molecule is Cc1cc(C)cc(-c2[nH]c3sccc3c2C(C)(CC(=O)NC(C)C)N2CCNCC2)c1. The summed E-state index contributed by atoms with van der Waals surface area (Å²) in [7, 11) is 0. The van der Waals surface area contributed by atoms with Gasteiger partial charge < -0.3 is 15.6 Å². The second kappa shape index (κ2) is 8.77. The van der Waals surface area contributed by atoms with Crippen molar-refractivity contribution in [2.75, 3.05) is 26.2 Å². The third kappa shape index (κ3) is 4.43. The van der Waals surface area contributed by atoms with E-state index in [0.29, 0.717) is 6.42 Å². The molecule has 0 bridgehead atoms. The topological polar surface area (TPSA) is 60.2 Å². The number of carbonyl (C=O) groups is 1. The second-order valence-corrected chi connectivity index (χ2v) is 10.2. The minimum Gasteiger partial charge on any atom is -0.354 e. The zero-order valence-corrected chi connectivity index (χ0v) is 20.1. The van der Waals surface area contributed by atoms with E-state index in [4.69, 9.17) is 0 Å². The van der Waals surface area contributed by atoms with Gasteiger partial charge in [0, 0.05) is 49.6 Å². The van der Waals surface area contributed by atoms with Crippen molar-refractivity contribution >= 4 is 27.5 Å². The maximum atomic E-state index is 13.1. The van der Waals surface area contributed by atoms with Crippen molar-refractivity contribution in [3.63, 3.8) is 0 Å². The normalized spacial score (nSPS) is 17.2. The molecule has 3 aromatic rings. The molecule has 0 spiro atoms. The molecular weight excluding hydrogens is 404 g/mol. The summed E-state index contributed by atoms with van der Waals surface area (Å²) in [5.74, 6) is 0.104. The molecule has 166 valence electrons. The van der Waals surface area contributed by atoms with Gasteiger partial charge in [-0.05, 0) is 63.8 Å². The number of hydrogen-bond acceptors (Lipinski definition) is 4. The molecule has 1 fully saturated rings. The van der Waals surface area contributed by atoms with Gasteiger partial charge in [0.15, 0.2) is 0 Å². The number of amides is 1. The number of nitrogens with zero attached hydrogens (tertiary/aromatic N) is 1. The molecule has 0 saturated carbocycles. The number of H-pyrrole nitrogens is 1. The van der Waals surface area contributed by atoms with Crippen LogP contribution in [0.5, 0.6) is 0 Å². The number of fused-ring (bicyclic) bond motifs is 1. The smallest absolute Gasteiger partial charge is 0.222 e. The molecule has 5 nitrogen and oxygen atoms in total. The van der Waals surface area contributed by atoms with Crippen LogP contribution in [0.1, 0.15) is 43.9 Å². The molecule has 0 radical (unpaired) electrons. The molecule has 6 heteroatoms. The van der Waals surface area contributed by atoms with Crippen LogP contribution in [0, 0.1) is 13.8 Å². The third-order valence-corrected chi connectivity index (χ3v) is 7.07. The average Bonchev–Trinajstić information content (AvgIpc) is 3.28. The van der Waals surface area contributed by atoms with Gasteiger partial charge in [0.25, 0.3) is 0 Å². The summed E-state index contributed by atoms with van der Waals surface area (Å²) in [6.45, 7) is 14.3. The van der Waals surface area contributed by atoms with E-state index in [2.05, 4.69) is 70.9 Å². The molecule has 1 saturated heterocycles. The minimum absolute atomic E-state index is 0.104. The second-order valence-electron chi connectivity index (χ2n) is 9.32. The van der Waals surface area contributed by atoms with Crippen LogP contribution in [0.25, 0.3) is 21.5 Å². The van der Waals surface area contributed by atoms with Gasteiger partial charge in [-0.2, -0.15) is 0 Å². The van der Waals surface area contributed by atoms with Gasteiger partial charge in [-0.1, -0.05) is 17.2 Å². The van der Waals surface area contributed by atoms with Crippen LogP contribution in [-0.4, -0.2) is 48.0 Å². The van der Waals surface area contributed by atoms with Crippen molar-refractivity contribution in [1.82, 2.24) is 20.5 Å². The summed E-state index contributed by atoms with van der Waals surface area (Å²) in [4.78, 5) is 20.5. The predicted octanol–water partition coefficient (Wildman–Crippen LogP) is 4.55. The Balaban J connectivity index is 1.90. The Morgan fingerprint density at radius 1 is 1.19 bits per heavy atom. The van der Waals surface area contributed by atoms with E-state index in [1.165, 1.54) is 32.5 Å². The lowest BCUT2D eigenvalue weighted by molar-refractivity contribution is -0.124. The summed E-state index contributed by atoms with van der Waals surface area (Å²) < 4.78 is 0. The van der Waals surface area contributed by atoms with Crippen molar-refractivity contribution in [1.29, 1.82) is 0 Å². The quantitative estimate of drug-likeness (QED) is 0.529. The van der Waals surface area contributed by atoms with Crippen molar-refractivity contribution in [2.45, 2.75) is 52.6 Å². The highest BCUT2D eigenvalue weighted by Crippen LogP contribution is 2.44. The summed E-state index contributed by atoms with van der Waals surface area (Å²) in [6, 6.07) is 9.04.